The van der Waals surface area contributed by atoms with Crippen molar-refractivity contribution in [1.29, 1.82) is 0 Å². The van der Waals surface area contributed by atoms with Gasteiger partial charge in [0.25, 0.3) is 11.6 Å². The summed E-state index contributed by atoms with van der Waals surface area (Å²) in [6.45, 7) is 5.38. The lowest BCUT2D eigenvalue weighted by Gasteiger charge is -2.26. The van der Waals surface area contributed by atoms with E-state index in [1.165, 1.54) is 0 Å². The van der Waals surface area contributed by atoms with E-state index in [1.807, 2.05) is 19.1 Å². The molecule has 0 saturated carbocycles. The van der Waals surface area contributed by atoms with Gasteiger partial charge in [0, 0.05) is 18.0 Å². The number of nitrogens with zero attached hydrogens (tertiary/aromatic N) is 2. The third-order valence-corrected chi connectivity index (χ3v) is 3.47. The molecule has 1 aromatic heterocycles. The summed E-state index contributed by atoms with van der Waals surface area (Å²) in [4.78, 5) is 26.3. The van der Waals surface area contributed by atoms with Crippen LogP contribution >= 0.6 is 0 Å². The Morgan fingerprint density at radius 2 is 2.00 bits per heavy atom. The molecule has 0 aliphatic carbocycles. The van der Waals surface area contributed by atoms with Gasteiger partial charge < -0.3 is 5.32 Å². The monoisotopic (exact) mass is 317 g/mol. The van der Waals surface area contributed by atoms with E-state index in [4.69, 9.17) is 0 Å². The van der Waals surface area contributed by atoms with Crippen molar-refractivity contribution in [2.24, 2.45) is 0 Å². The zero-order valence-electron chi connectivity index (χ0n) is 13.0. The fourth-order valence-corrected chi connectivity index (χ4v) is 2.06. The Labute approximate surface area is 132 Å². The molecule has 2 rings (SSSR count). The van der Waals surface area contributed by atoms with Crippen molar-refractivity contribution in [3.8, 4) is 0 Å². The summed E-state index contributed by atoms with van der Waals surface area (Å²) in [7, 11) is 0. The van der Waals surface area contributed by atoms with Gasteiger partial charge in [-0.3, -0.25) is 19.9 Å². The number of benzene rings is 1. The van der Waals surface area contributed by atoms with Crippen molar-refractivity contribution in [3.05, 3.63) is 69.3 Å². The van der Waals surface area contributed by atoms with Crippen molar-refractivity contribution >= 4 is 11.6 Å². The number of carbonyl (C=O) groups is 1. The minimum absolute atomic E-state index is 0.247. The average molecular weight is 317 g/mol. The fourth-order valence-electron chi connectivity index (χ4n) is 2.06. The largest absolute Gasteiger partial charge is 0.343 e. The first kappa shape index (κ1) is 16.5. The van der Waals surface area contributed by atoms with Crippen LogP contribution in [0.15, 0.2) is 36.5 Å². The number of halogens is 1. The lowest BCUT2D eigenvalue weighted by Crippen LogP contribution is -2.41. The zero-order valence-corrected chi connectivity index (χ0v) is 13.0. The summed E-state index contributed by atoms with van der Waals surface area (Å²) in [5.41, 5.74) is 0.187. The highest BCUT2D eigenvalue weighted by molar-refractivity contribution is 5.95. The minimum atomic E-state index is -0.936. The predicted molar refractivity (Wildman–Crippen MR) is 82.5 cm³/mol. The number of pyridine rings is 1. The molecule has 0 aliphatic heterocycles. The SMILES string of the molecule is Cc1ccc(C(C)(C)NC(=O)c2ccc([N+](=O)[O-])cc2F)cn1. The molecule has 0 radical (unpaired) electrons. The molecule has 0 aliphatic rings. The lowest BCUT2D eigenvalue weighted by atomic mass is 9.95. The predicted octanol–water partition coefficient (Wildman–Crippen LogP) is 3.10. The molecule has 1 aromatic carbocycles. The summed E-state index contributed by atoms with van der Waals surface area (Å²) in [5, 5.41) is 13.3. The number of hydrogen-bond donors (Lipinski definition) is 1. The maximum Gasteiger partial charge on any atom is 0.272 e. The van der Waals surface area contributed by atoms with E-state index in [2.05, 4.69) is 10.3 Å². The minimum Gasteiger partial charge on any atom is -0.343 e. The third kappa shape index (κ3) is 3.68. The first-order valence-electron chi connectivity index (χ1n) is 6.90. The van der Waals surface area contributed by atoms with Crippen LogP contribution in [-0.4, -0.2) is 15.8 Å². The van der Waals surface area contributed by atoms with Crippen LogP contribution in [-0.2, 0) is 5.54 Å². The number of aromatic nitrogens is 1. The summed E-state index contributed by atoms with van der Waals surface area (Å²) in [6.07, 6.45) is 1.64. The van der Waals surface area contributed by atoms with Crippen LogP contribution in [0.5, 0.6) is 0 Å². The maximum absolute atomic E-state index is 13.9. The van der Waals surface area contributed by atoms with Gasteiger partial charge in [-0.1, -0.05) is 6.07 Å². The third-order valence-electron chi connectivity index (χ3n) is 3.47. The highest BCUT2D eigenvalue weighted by Crippen LogP contribution is 2.22. The summed E-state index contributed by atoms with van der Waals surface area (Å²) >= 11 is 0. The molecule has 0 fully saturated rings. The van der Waals surface area contributed by atoms with Gasteiger partial charge in [0.1, 0.15) is 5.82 Å². The molecule has 0 bridgehead atoms. The van der Waals surface area contributed by atoms with E-state index >= 15 is 0 Å². The number of hydrogen-bond acceptors (Lipinski definition) is 4. The molecule has 0 atom stereocenters. The molecule has 2 aromatic rings. The molecule has 1 N–H and O–H groups in total. The Morgan fingerprint density at radius 1 is 1.30 bits per heavy atom. The number of amides is 1. The van der Waals surface area contributed by atoms with E-state index in [0.717, 1.165) is 29.5 Å². The first-order chi connectivity index (χ1) is 10.7. The van der Waals surface area contributed by atoms with Gasteiger partial charge in [0.2, 0.25) is 0 Å². The van der Waals surface area contributed by atoms with E-state index in [9.17, 15) is 19.3 Å². The van der Waals surface area contributed by atoms with Gasteiger partial charge in [-0.05, 0) is 38.5 Å². The Bertz CT molecular complexity index is 758. The zero-order chi connectivity index (χ0) is 17.2. The number of rotatable bonds is 4. The van der Waals surface area contributed by atoms with Crippen LogP contribution in [0.3, 0.4) is 0 Å². The lowest BCUT2D eigenvalue weighted by molar-refractivity contribution is -0.385. The van der Waals surface area contributed by atoms with Gasteiger partial charge in [-0.2, -0.15) is 0 Å². The second kappa shape index (κ2) is 6.12. The summed E-state index contributed by atoms with van der Waals surface area (Å²) in [6, 6.07) is 6.57. The highest BCUT2D eigenvalue weighted by Gasteiger charge is 2.25. The number of carbonyl (C=O) groups excluding carboxylic acids is 1. The van der Waals surface area contributed by atoms with Crippen molar-refractivity contribution in [3.63, 3.8) is 0 Å². The van der Waals surface area contributed by atoms with E-state index in [-0.39, 0.29) is 5.56 Å². The molecule has 0 saturated heterocycles. The summed E-state index contributed by atoms with van der Waals surface area (Å²) < 4.78 is 13.9. The molecule has 120 valence electrons. The van der Waals surface area contributed by atoms with Crippen LogP contribution in [0.25, 0.3) is 0 Å². The van der Waals surface area contributed by atoms with Crippen LogP contribution in [0.4, 0.5) is 10.1 Å². The number of nitrogens with one attached hydrogen (secondary N) is 1. The molecule has 0 unspecified atom stereocenters. The molecular formula is C16H16FN3O3. The van der Waals surface area contributed by atoms with Gasteiger partial charge in [-0.15, -0.1) is 0 Å². The Kier molecular flexibility index (Phi) is 4.40. The van der Waals surface area contributed by atoms with Crippen molar-refractivity contribution < 1.29 is 14.1 Å². The Hall–Kier alpha value is -2.83. The molecule has 0 spiro atoms. The second-order valence-electron chi connectivity index (χ2n) is 5.69. The number of nitro benzene ring substituents is 1. The van der Waals surface area contributed by atoms with E-state index in [0.29, 0.717) is 0 Å². The number of non-ortho nitro benzene ring substituents is 1. The van der Waals surface area contributed by atoms with Gasteiger partial charge in [-0.25, -0.2) is 4.39 Å². The van der Waals surface area contributed by atoms with Gasteiger partial charge >= 0.3 is 0 Å². The topological polar surface area (TPSA) is 85.1 Å². The van der Waals surface area contributed by atoms with E-state index in [1.54, 1.807) is 20.0 Å². The van der Waals surface area contributed by atoms with Crippen LogP contribution in [0.1, 0.15) is 35.5 Å². The average Bonchev–Trinajstić information content (AvgIpc) is 2.46. The maximum atomic E-state index is 13.9. The molecule has 6 nitrogen and oxygen atoms in total. The highest BCUT2D eigenvalue weighted by atomic mass is 19.1. The molecular weight excluding hydrogens is 301 g/mol. The molecule has 1 heterocycles. The molecule has 23 heavy (non-hydrogen) atoms. The van der Waals surface area contributed by atoms with Crippen LogP contribution in [0.2, 0.25) is 0 Å². The quantitative estimate of drug-likeness (QED) is 0.693. The van der Waals surface area contributed by atoms with Crippen molar-refractivity contribution in [2.75, 3.05) is 0 Å². The normalized spacial score (nSPS) is 11.1. The van der Waals surface area contributed by atoms with Gasteiger partial charge in [0.05, 0.1) is 22.1 Å². The second-order valence-corrected chi connectivity index (χ2v) is 5.69. The first-order valence-corrected chi connectivity index (χ1v) is 6.90. The molecule has 7 heteroatoms. The standard InChI is InChI=1S/C16H16FN3O3/c1-10-4-5-11(9-18-10)16(2,3)19-15(21)13-7-6-12(20(22)23)8-14(13)17/h4-9H,1-3H3,(H,19,21). The number of nitro groups is 1. The summed E-state index contributed by atoms with van der Waals surface area (Å²) in [5.74, 6) is -1.59. The van der Waals surface area contributed by atoms with Crippen molar-refractivity contribution in [2.45, 2.75) is 26.3 Å². The number of aryl methyl sites for hydroxylation is 1. The van der Waals surface area contributed by atoms with Crippen molar-refractivity contribution in [1.82, 2.24) is 10.3 Å². The van der Waals surface area contributed by atoms with Crippen LogP contribution < -0.4 is 5.32 Å². The van der Waals surface area contributed by atoms with Gasteiger partial charge in [0.15, 0.2) is 0 Å². The fraction of sp³-hybridized carbons (Fsp3) is 0.250. The van der Waals surface area contributed by atoms with Crippen LogP contribution in [0, 0.1) is 22.9 Å². The Balaban J connectivity index is 2.24. The smallest absolute Gasteiger partial charge is 0.272 e. The molecule has 1 amide bonds. The Morgan fingerprint density at radius 3 is 2.52 bits per heavy atom. The van der Waals surface area contributed by atoms with E-state index < -0.39 is 27.9 Å².